The topological polar surface area (TPSA) is 77.4 Å². The number of hydrogen-bond acceptors (Lipinski definition) is 5. The molecule has 5 aromatic rings. The maximum atomic E-state index is 15.5. The number of methoxy groups -OCH3 is 2. The summed E-state index contributed by atoms with van der Waals surface area (Å²) in [6.07, 6.45) is 3.31. The van der Waals surface area contributed by atoms with Gasteiger partial charge in [0.05, 0.1) is 37.5 Å². The zero-order valence-electron chi connectivity index (χ0n) is 25.2. The van der Waals surface area contributed by atoms with E-state index < -0.39 is 5.82 Å². The van der Waals surface area contributed by atoms with Crippen LogP contribution in [-0.2, 0) is 24.3 Å². The fourth-order valence-electron chi connectivity index (χ4n) is 6.09. The van der Waals surface area contributed by atoms with Gasteiger partial charge in [0.25, 0.3) is 0 Å². The molecule has 1 fully saturated rings. The summed E-state index contributed by atoms with van der Waals surface area (Å²) in [6.45, 7) is 1.09. The Bertz CT molecular complexity index is 1910. The molecule has 0 spiro atoms. The Balaban J connectivity index is 1.35. The second-order valence-corrected chi connectivity index (χ2v) is 11.9. The molecule has 1 aliphatic heterocycles. The number of aromatic nitrogens is 2. The van der Waals surface area contributed by atoms with Gasteiger partial charge in [-0.25, -0.2) is 4.39 Å². The van der Waals surface area contributed by atoms with E-state index >= 15 is 4.39 Å². The molecular formula is C35H33Cl2FN4O3. The Kier molecular flexibility index (Phi) is 8.99. The van der Waals surface area contributed by atoms with E-state index in [1.807, 2.05) is 66.5 Å². The normalized spacial score (nSPS) is 14.6. The first-order valence-corrected chi connectivity index (χ1v) is 15.5. The van der Waals surface area contributed by atoms with Crippen LogP contribution >= 0.6 is 23.2 Å². The molecular weight excluding hydrogens is 614 g/mol. The Labute approximate surface area is 271 Å². The van der Waals surface area contributed by atoms with Gasteiger partial charge in [-0.15, -0.1) is 0 Å². The van der Waals surface area contributed by atoms with E-state index in [9.17, 15) is 4.79 Å². The first kappa shape index (κ1) is 30.9. The summed E-state index contributed by atoms with van der Waals surface area (Å²) in [7, 11) is 5.05. The zero-order chi connectivity index (χ0) is 31.7. The maximum Gasteiger partial charge on any atom is 0.220 e. The number of benzene rings is 4. The number of halogens is 3. The number of rotatable bonds is 10. The average Bonchev–Trinajstić information content (AvgIpc) is 3.65. The van der Waals surface area contributed by atoms with Crippen molar-refractivity contribution < 1.29 is 18.7 Å². The van der Waals surface area contributed by atoms with Gasteiger partial charge >= 0.3 is 0 Å². The van der Waals surface area contributed by atoms with Crippen LogP contribution in [-0.4, -0.2) is 43.0 Å². The number of carbonyl (C=O) groups is 1. The highest BCUT2D eigenvalue weighted by Crippen LogP contribution is 2.41. The summed E-state index contributed by atoms with van der Waals surface area (Å²) >= 11 is 13.8. The fourth-order valence-corrected chi connectivity index (χ4v) is 6.67. The van der Waals surface area contributed by atoms with Crippen LogP contribution in [0.2, 0.25) is 10.0 Å². The van der Waals surface area contributed by atoms with Crippen molar-refractivity contribution >= 4 is 40.0 Å². The first-order valence-electron chi connectivity index (χ1n) is 14.7. The van der Waals surface area contributed by atoms with Crippen molar-refractivity contribution in [2.45, 2.75) is 38.4 Å². The van der Waals surface area contributed by atoms with Gasteiger partial charge in [0, 0.05) is 51.7 Å². The minimum Gasteiger partial charge on any atom is -0.496 e. The number of fused-ring (bicyclic) bond motifs is 1. The molecule has 7 nitrogen and oxygen atoms in total. The van der Waals surface area contributed by atoms with Crippen molar-refractivity contribution in [2.24, 2.45) is 0 Å². The van der Waals surface area contributed by atoms with Crippen molar-refractivity contribution in [1.29, 1.82) is 0 Å². The van der Waals surface area contributed by atoms with Crippen molar-refractivity contribution in [2.75, 3.05) is 21.3 Å². The van der Waals surface area contributed by atoms with Gasteiger partial charge in [-0.3, -0.25) is 9.48 Å². The van der Waals surface area contributed by atoms with E-state index in [1.165, 1.54) is 13.2 Å². The Morgan fingerprint density at radius 2 is 1.76 bits per heavy atom. The molecule has 1 atom stereocenters. The molecule has 0 aliphatic carbocycles. The van der Waals surface area contributed by atoms with Crippen LogP contribution in [0.4, 0.5) is 4.39 Å². The zero-order valence-corrected chi connectivity index (χ0v) is 26.7. The monoisotopic (exact) mass is 646 g/mol. The molecule has 45 heavy (non-hydrogen) atoms. The molecule has 1 amide bonds. The third-order valence-electron chi connectivity index (χ3n) is 8.33. The summed E-state index contributed by atoms with van der Waals surface area (Å²) < 4.78 is 28.7. The standard InChI is InChI=1S/C35H33Cl2FN4O3/c1-39-17-21-12-29(36)22(15-32(21)44-2)19-42-31-9-5-7-25(28(31)18-40-42)26-8-4-6-24(35(26)37)20-13-30(38)27(33(14-20)45-3)16-23-10-11-34(43)41-23/h4-9,12-15,18,23,39H,10-11,16-17,19H2,1-3H3,(H,41,43). The molecule has 10 heteroatoms. The van der Waals surface area contributed by atoms with E-state index in [2.05, 4.69) is 10.6 Å². The average molecular weight is 648 g/mol. The predicted octanol–water partition coefficient (Wildman–Crippen LogP) is 7.42. The quantitative estimate of drug-likeness (QED) is 0.165. The van der Waals surface area contributed by atoms with Crippen LogP contribution < -0.4 is 20.1 Å². The lowest BCUT2D eigenvalue weighted by Crippen LogP contribution is -2.27. The third-order valence-corrected chi connectivity index (χ3v) is 9.09. The van der Waals surface area contributed by atoms with Crippen molar-refractivity contribution in [1.82, 2.24) is 20.4 Å². The fraction of sp³-hybridized carbons (Fsp3) is 0.257. The van der Waals surface area contributed by atoms with Crippen molar-refractivity contribution in [3.63, 3.8) is 0 Å². The summed E-state index contributed by atoms with van der Waals surface area (Å²) in [5.41, 5.74) is 6.20. The van der Waals surface area contributed by atoms with Gasteiger partial charge < -0.3 is 20.1 Å². The number of ether oxygens (including phenoxy) is 2. The van der Waals surface area contributed by atoms with Gasteiger partial charge in [-0.2, -0.15) is 5.10 Å². The largest absolute Gasteiger partial charge is 0.496 e. The first-order chi connectivity index (χ1) is 21.8. The van der Waals surface area contributed by atoms with Gasteiger partial charge in [-0.1, -0.05) is 53.5 Å². The molecule has 1 aromatic heterocycles. The predicted molar refractivity (Wildman–Crippen MR) is 177 cm³/mol. The lowest BCUT2D eigenvalue weighted by molar-refractivity contribution is -0.119. The number of hydrogen-bond donors (Lipinski definition) is 2. The van der Waals surface area contributed by atoms with E-state index in [1.54, 1.807) is 13.2 Å². The lowest BCUT2D eigenvalue weighted by Gasteiger charge is -2.17. The molecule has 1 saturated heterocycles. The van der Waals surface area contributed by atoms with Crippen molar-refractivity contribution in [3.8, 4) is 33.8 Å². The lowest BCUT2D eigenvalue weighted by atomic mass is 9.94. The number of nitrogens with zero attached hydrogens (tertiary/aromatic N) is 2. The molecule has 232 valence electrons. The summed E-state index contributed by atoms with van der Waals surface area (Å²) in [5, 5.41) is 12.8. The van der Waals surface area contributed by atoms with Gasteiger partial charge in [0.15, 0.2) is 0 Å². The second-order valence-electron chi connectivity index (χ2n) is 11.1. The third kappa shape index (κ3) is 6.10. The smallest absolute Gasteiger partial charge is 0.220 e. The van der Waals surface area contributed by atoms with Gasteiger partial charge in [-0.05, 0) is 66.9 Å². The van der Waals surface area contributed by atoms with Crippen LogP contribution in [0.3, 0.4) is 0 Å². The highest BCUT2D eigenvalue weighted by Gasteiger charge is 2.25. The van der Waals surface area contributed by atoms with Gasteiger partial charge in [0.2, 0.25) is 5.91 Å². The van der Waals surface area contributed by atoms with Crippen molar-refractivity contribution in [3.05, 3.63) is 99.4 Å². The SMILES string of the molecule is CNCc1cc(Cl)c(Cn2ncc3c(-c4cccc(-c5cc(F)c(CC6CCC(=O)N6)c(OC)c5)c4Cl)cccc32)cc1OC. The molecule has 0 bridgehead atoms. The van der Waals surface area contributed by atoms with Crippen LogP contribution in [0.15, 0.2) is 66.9 Å². The molecule has 1 unspecified atom stereocenters. The second kappa shape index (κ2) is 13.1. The molecule has 2 heterocycles. The highest BCUT2D eigenvalue weighted by atomic mass is 35.5. The highest BCUT2D eigenvalue weighted by molar-refractivity contribution is 6.36. The maximum absolute atomic E-state index is 15.5. The summed E-state index contributed by atoms with van der Waals surface area (Å²) in [4.78, 5) is 11.7. The minimum atomic E-state index is -0.398. The molecule has 6 rings (SSSR count). The van der Waals surface area contributed by atoms with E-state index in [4.69, 9.17) is 37.8 Å². The number of nitrogens with one attached hydrogen (secondary N) is 2. The van der Waals surface area contributed by atoms with Gasteiger partial charge in [0.1, 0.15) is 17.3 Å². The minimum absolute atomic E-state index is 0.0111. The van der Waals surface area contributed by atoms with E-state index in [-0.39, 0.29) is 11.9 Å². The molecule has 1 aliphatic rings. The molecule has 4 aromatic carbocycles. The van der Waals surface area contributed by atoms with Crippen LogP contribution in [0, 0.1) is 5.82 Å². The van der Waals surface area contributed by atoms with Crippen LogP contribution in [0.1, 0.15) is 29.5 Å². The van der Waals surface area contributed by atoms with Crippen LogP contribution in [0.5, 0.6) is 11.5 Å². The Morgan fingerprint density at radius 3 is 2.49 bits per heavy atom. The Morgan fingerprint density at radius 1 is 1.00 bits per heavy atom. The number of carbonyl (C=O) groups excluding carboxylic acids is 1. The summed E-state index contributed by atoms with van der Waals surface area (Å²) in [5.74, 6) is 0.772. The van der Waals surface area contributed by atoms with E-state index in [0.29, 0.717) is 64.8 Å². The Hall–Kier alpha value is -4.11. The van der Waals surface area contributed by atoms with E-state index in [0.717, 1.165) is 38.9 Å². The molecule has 2 N–H and O–H groups in total. The summed E-state index contributed by atoms with van der Waals surface area (Å²) in [6, 6.07) is 18.8. The molecule has 0 saturated carbocycles. The number of amides is 1. The van der Waals surface area contributed by atoms with Crippen LogP contribution in [0.25, 0.3) is 33.2 Å². The molecule has 0 radical (unpaired) electrons.